The van der Waals surface area contributed by atoms with Crippen LogP contribution in [0, 0.1) is 13.8 Å². The van der Waals surface area contributed by atoms with Crippen molar-refractivity contribution >= 4 is 5.69 Å². The Morgan fingerprint density at radius 1 is 1.00 bits per heavy atom. The molecule has 0 atom stereocenters. The summed E-state index contributed by atoms with van der Waals surface area (Å²) in [5.41, 5.74) is 4.70. The number of anilines is 1. The van der Waals surface area contributed by atoms with Gasteiger partial charge in [0, 0.05) is 49.8 Å². The Kier molecular flexibility index (Phi) is 5.16. The number of aryl methyl sites for hydroxylation is 2. The van der Waals surface area contributed by atoms with E-state index in [0.29, 0.717) is 18.3 Å². The second-order valence-corrected chi connectivity index (χ2v) is 7.11. The Labute approximate surface area is 159 Å². The van der Waals surface area contributed by atoms with Gasteiger partial charge in [-0.05, 0) is 37.5 Å². The molecule has 0 aliphatic carbocycles. The van der Waals surface area contributed by atoms with E-state index in [-0.39, 0.29) is 0 Å². The van der Waals surface area contributed by atoms with Crippen molar-refractivity contribution in [1.29, 1.82) is 0 Å². The second kappa shape index (κ2) is 7.88. The molecule has 0 N–H and O–H groups in total. The summed E-state index contributed by atoms with van der Waals surface area (Å²) in [5.74, 6) is 1.36. The van der Waals surface area contributed by atoms with Gasteiger partial charge in [-0.15, -0.1) is 0 Å². The lowest BCUT2D eigenvalue weighted by Gasteiger charge is -2.24. The first-order chi connectivity index (χ1) is 13.2. The fourth-order valence-corrected chi connectivity index (χ4v) is 3.63. The Balaban J connectivity index is 1.41. The second-order valence-electron chi connectivity index (χ2n) is 7.11. The van der Waals surface area contributed by atoms with Gasteiger partial charge in [-0.3, -0.25) is 9.88 Å². The van der Waals surface area contributed by atoms with E-state index in [1.165, 1.54) is 11.3 Å². The minimum absolute atomic E-state index is 0.673. The number of benzene rings is 1. The molecule has 0 radical (unpaired) electrons. The van der Waals surface area contributed by atoms with Crippen LogP contribution in [0.4, 0.5) is 5.69 Å². The van der Waals surface area contributed by atoms with Gasteiger partial charge >= 0.3 is 0 Å². The molecule has 2 aromatic heterocycles. The van der Waals surface area contributed by atoms with Crippen LogP contribution >= 0.6 is 0 Å². The molecule has 140 valence electrons. The molecular formula is C21H25N5O. The summed E-state index contributed by atoms with van der Waals surface area (Å²) < 4.78 is 5.52. The van der Waals surface area contributed by atoms with Crippen molar-refractivity contribution in [3.63, 3.8) is 0 Å². The maximum absolute atomic E-state index is 5.52. The molecule has 6 nitrogen and oxygen atoms in total. The first-order valence-corrected chi connectivity index (χ1v) is 9.47. The zero-order chi connectivity index (χ0) is 18.6. The molecule has 1 aliphatic heterocycles. The van der Waals surface area contributed by atoms with E-state index in [1.54, 1.807) is 0 Å². The quantitative estimate of drug-likeness (QED) is 0.707. The molecule has 4 rings (SSSR count). The van der Waals surface area contributed by atoms with Crippen LogP contribution in [-0.2, 0) is 6.54 Å². The Morgan fingerprint density at radius 2 is 1.89 bits per heavy atom. The third-order valence-corrected chi connectivity index (χ3v) is 5.13. The summed E-state index contributed by atoms with van der Waals surface area (Å²) >= 11 is 0. The summed E-state index contributed by atoms with van der Waals surface area (Å²) in [6, 6.07) is 10.2. The molecule has 3 heterocycles. The summed E-state index contributed by atoms with van der Waals surface area (Å²) in [6.07, 6.45) is 4.92. The molecule has 0 spiro atoms. The highest BCUT2D eigenvalue weighted by Crippen LogP contribution is 2.22. The number of pyridine rings is 1. The van der Waals surface area contributed by atoms with Gasteiger partial charge < -0.3 is 9.42 Å². The fourth-order valence-electron chi connectivity index (χ4n) is 3.63. The van der Waals surface area contributed by atoms with Crippen molar-refractivity contribution < 1.29 is 4.52 Å². The van der Waals surface area contributed by atoms with E-state index < -0.39 is 0 Å². The van der Waals surface area contributed by atoms with Crippen molar-refractivity contribution in [2.45, 2.75) is 26.8 Å². The lowest BCUT2D eigenvalue weighted by molar-refractivity contribution is 0.239. The molecule has 1 aliphatic rings. The highest BCUT2D eigenvalue weighted by molar-refractivity contribution is 5.58. The topological polar surface area (TPSA) is 58.3 Å². The highest BCUT2D eigenvalue weighted by Gasteiger charge is 2.19. The number of hydrogen-bond donors (Lipinski definition) is 0. The normalized spacial score (nSPS) is 15.7. The molecule has 1 saturated heterocycles. The third kappa shape index (κ3) is 4.01. The lowest BCUT2D eigenvalue weighted by atomic mass is 10.1. The van der Waals surface area contributed by atoms with Gasteiger partial charge in [0.2, 0.25) is 11.7 Å². The van der Waals surface area contributed by atoms with Gasteiger partial charge in [-0.2, -0.15) is 4.98 Å². The average molecular weight is 363 g/mol. The number of nitrogens with zero attached hydrogens (tertiary/aromatic N) is 5. The summed E-state index contributed by atoms with van der Waals surface area (Å²) in [7, 11) is 0. The maximum Gasteiger partial charge on any atom is 0.241 e. The number of rotatable bonds is 4. The van der Waals surface area contributed by atoms with Crippen LogP contribution < -0.4 is 4.90 Å². The Hall–Kier alpha value is -2.73. The fraction of sp³-hybridized carbons (Fsp3) is 0.381. The van der Waals surface area contributed by atoms with Crippen LogP contribution in [-0.4, -0.2) is 46.2 Å². The van der Waals surface area contributed by atoms with E-state index in [2.05, 4.69) is 50.9 Å². The first kappa shape index (κ1) is 17.7. The molecule has 0 unspecified atom stereocenters. The van der Waals surface area contributed by atoms with Gasteiger partial charge in [0.1, 0.15) is 0 Å². The largest absolute Gasteiger partial charge is 0.370 e. The van der Waals surface area contributed by atoms with Crippen molar-refractivity contribution in [1.82, 2.24) is 20.0 Å². The van der Waals surface area contributed by atoms with Crippen LogP contribution in [0.25, 0.3) is 11.4 Å². The van der Waals surface area contributed by atoms with Crippen LogP contribution in [0.5, 0.6) is 0 Å². The summed E-state index contributed by atoms with van der Waals surface area (Å²) in [6.45, 7) is 8.93. The van der Waals surface area contributed by atoms with Crippen LogP contribution in [0.15, 0.2) is 47.2 Å². The number of hydrogen-bond acceptors (Lipinski definition) is 6. The zero-order valence-electron chi connectivity index (χ0n) is 15.9. The van der Waals surface area contributed by atoms with E-state index in [0.717, 1.165) is 43.7 Å². The number of aromatic nitrogens is 3. The van der Waals surface area contributed by atoms with E-state index in [1.807, 2.05) is 30.6 Å². The molecule has 1 aromatic carbocycles. The molecule has 0 amide bonds. The van der Waals surface area contributed by atoms with Crippen LogP contribution in [0.2, 0.25) is 0 Å². The molecular weight excluding hydrogens is 338 g/mol. The van der Waals surface area contributed by atoms with Gasteiger partial charge in [-0.1, -0.05) is 29.4 Å². The van der Waals surface area contributed by atoms with Crippen molar-refractivity contribution in [3.05, 3.63) is 59.7 Å². The van der Waals surface area contributed by atoms with Crippen molar-refractivity contribution in [3.8, 4) is 11.4 Å². The summed E-state index contributed by atoms with van der Waals surface area (Å²) in [4.78, 5) is 13.7. The lowest BCUT2D eigenvalue weighted by Crippen LogP contribution is -2.30. The maximum atomic E-state index is 5.52. The minimum Gasteiger partial charge on any atom is -0.370 e. The predicted octanol–water partition coefficient (Wildman–Crippen LogP) is 3.46. The van der Waals surface area contributed by atoms with Gasteiger partial charge in [0.15, 0.2) is 0 Å². The Morgan fingerprint density at radius 3 is 2.74 bits per heavy atom. The first-order valence-electron chi connectivity index (χ1n) is 9.47. The van der Waals surface area contributed by atoms with Crippen LogP contribution in [0.1, 0.15) is 23.4 Å². The zero-order valence-corrected chi connectivity index (χ0v) is 15.9. The minimum atomic E-state index is 0.673. The monoisotopic (exact) mass is 363 g/mol. The van der Waals surface area contributed by atoms with Crippen molar-refractivity contribution in [2.75, 3.05) is 31.1 Å². The molecule has 0 bridgehead atoms. The van der Waals surface area contributed by atoms with E-state index in [4.69, 9.17) is 4.52 Å². The van der Waals surface area contributed by atoms with Gasteiger partial charge in [0.05, 0.1) is 6.54 Å². The molecule has 3 aromatic rings. The average Bonchev–Trinajstić information content (AvgIpc) is 3.01. The predicted molar refractivity (Wildman–Crippen MR) is 106 cm³/mol. The highest BCUT2D eigenvalue weighted by atomic mass is 16.5. The van der Waals surface area contributed by atoms with Crippen LogP contribution in [0.3, 0.4) is 0 Å². The standard InChI is InChI=1S/C21H25N5O/c1-16-6-3-4-7-18(16)21-23-20(27-24-21)15-25-10-5-11-26(13-12-25)19-8-9-22-14-17(19)2/h3-4,6-9,14H,5,10-13,15H2,1-2H3. The smallest absolute Gasteiger partial charge is 0.241 e. The SMILES string of the molecule is Cc1ccccc1-c1noc(CN2CCCN(c3ccncc3C)CC2)n1. The van der Waals surface area contributed by atoms with Gasteiger partial charge in [0.25, 0.3) is 0 Å². The molecule has 1 fully saturated rings. The third-order valence-electron chi connectivity index (χ3n) is 5.13. The van der Waals surface area contributed by atoms with Gasteiger partial charge in [-0.25, -0.2) is 0 Å². The molecule has 6 heteroatoms. The summed E-state index contributed by atoms with van der Waals surface area (Å²) in [5, 5.41) is 4.18. The molecule has 27 heavy (non-hydrogen) atoms. The Bertz CT molecular complexity index is 907. The molecule has 0 saturated carbocycles. The van der Waals surface area contributed by atoms with Crippen molar-refractivity contribution in [2.24, 2.45) is 0 Å². The van der Waals surface area contributed by atoms with E-state index in [9.17, 15) is 0 Å². The van der Waals surface area contributed by atoms with E-state index >= 15 is 0 Å².